The molecule has 0 aliphatic rings. The van der Waals surface area contributed by atoms with Crippen LogP contribution in [-0.4, -0.2) is 38.6 Å². The molecule has 0 amide bonds. The Bertz CT molecular complexity index is 643. The van der Waals surface area contributed by atoms with Crippen molar-refractivity contribution in [3.63, 3.8) is 0 Å². The highest BCUT2D eigenvalue weighted by Gasteiger charge is 2.01. The van der Waals surface area contributed by atoms with E-state index in [0.29, 0.717) is 0 Å². The zero-order chi connectivity index (χ0) is 17.2. The van der Waals surface area contributed by atoms with Gasteiger partial charge < -0.3 is 15.5 Å². The van der Waals surface area contributed by atoms with Crippen LogP contribution in [0.25, 0.3) is 0 Å². The molecule has 136 valence electrons. The predicted octanol–water partition coefficient (Wildman–Crippen LogP) is 3.06. The second-order valence-electron chi connectivity index (χ2n) is 5.86. The standard InChI is InChI=1S/C19H27N5.HI/c1-20-19(22-12-7-10-16-8-5-4-6-9-16)23-15-17-11-13-21-18(14-17)24(2)3;/h4-6,8-9,11,13-14H,7,10,12,15H2,1-3H3,(H2,20,22,23);1H. The molecule has 0 radical (unpaired) electrons. The molecule has 0 unspecified atom stereocenters. The number of guanidine groups is 1. The largest absolute Gasteiger partial charge is 0.363 e. The Balaban J connectivity index is 0.00000312. The van der Waals surface area contributed by atoms with Crippen LogP contribution in [0.1, 0.15) is 17.5 Å². The number of aryl methyl sites for hydroxylation is 1. The number of anilines is 1. The van der Waals surface area contributed by atoms with Crippen molar-refractivity contribution in [2.45, 2.75) is 19.4 Å². The molecule has 0 aliphatic heterocycles. The molecule has 25 heavy (non-hydrogen) atoms. The van der Waals surface area contributed by atoms with Gasteiger partial charge in [-0.3, -0.25) is 4.99 Å². The van der Waals surface area contributed by atoms with Crippen molar-refractivity contribution in [3.05, 3.63) is 59.8 Å². The minimum atomic E-state index is 0. The fourth-order valence-electron chi connectivity index (χ4n) is 2.37. The molecule has 5 nitrogen and oxygen atoms in total. The van der Waals surface area contributed by atoms with Gasteiger partial charge in [-0.1, -0.05) is 30.3 Å². The van der Waals surface area contributed by atoms with Crippen molar-refractivity contribution in [1.29, 1.82) is 0 Å². The molecule has 0 saturated carbocycles. The summed E-state index contributed by atoms with van der Waals surface area (Å²) in [4.78, 5) is 10.6. The molecule has 0 fully saturated rings. The van der Waals surface area contributed by atoms with E-state index in [1.807, 2.05) is 37.3 Å². The SMILES string of the molecule is CN=C(NCCCc1ccccc1)NCc1ccnc(N(C)C)c1.I. The molecule has 1 aromatic heterocycles. The summed E-state index contributed by atoms with van der Waals surface area (Å²) in [5.41, 5.74) is 2.55. The summed E-state index contributed by atoms with van der Waals surface area (Å²) in [5, 5.41) is 6.70. The van der Waals surface area contributed by atoms with Crippen molar-refractivity contribution < 1.29 is 0 Å². The number of halogens is 1. The quantitative estimate of drug-likeness (QED) is 0.293. The maximum Gasteiger partial charge on any atom is 0.191 e. The van der Waals surface area contributed by atoms with Gasteiger partial charge in [0.05, 0.1) is 0 Å². The van der Waals surface area contributed by atoms with Crippen molar-refractivity contribution in [3.8, 4) is 0 Å². The lowest BCUT2D eigenvalue weighted by molar-refractivity contribution is 0.742. The first-order valence-corrected chi connectivity index (χ1v) is 8.29. The number of rotatable bonds is 7. The Labute approximate surface area is 168 Å². The van der Waals surface area contributed by atoms with Crippen LogP contribution in [-0.2, 0) is 13.0 Å². The van der Waals surface area contributed by atoms with E-state index in [1.165, 1.54) is 11.1 Å². The van der Waals surface area contributed by atoms with E-state index in [1.54, 1.807) is 7.05 Å². The number of benzene rings is 1. The van der Waals surface area contributed by atoms with E-state index in [2.05, 4.69) is 50.9 Å². The maximum absolute atomic E-state index is 4.33. The molecule has 0 spiro atoms. The fraction of sp³-hybridized carbons (Fsp3) is 0.368. The van der Waals surface area contributed by atoms with E-state index >= 15 is 0 Å². The van der Waals surface area contributed by atoms with E-state index in [9.17, 15) is 0 Å². The van der Waals surface area contributed by atoms with E-state index < -0.39 is 0 Å². The molecule has 0 saturated heterocycles. The minimum Gasteiger partial charge on any atom is -0.363 e. The van der Waals surface area contributed by atoms with Gasteiger partial charge in [-0.25, -0.2) is 4.98 Å². The van der Waals surface area contributed by atoms with Gasteiger partial charge in [-0.2, -0.15) is 0 Å². The van der Waals surface area contributed by atoms with Crippen molar-refractivity contribution in [1.82, 2.24) is 15.6 Å². The molecular weight excluding hydrogens is 425 g/mol. The Kier molecular flexibility index (Phi) is 9.91. The molecular formula is C19H28IN5. The molecule has 1 aromatic carbocycles. The Hall–Kier alpha value is -1.83. The minimum absolute atomic E-state index is 0. The lowest BCUT2D eigenvalue weighted by Gasteiger charge is -2.14. The third-order valence-corrected chi connectivity index (χ3v) is 3.73. The first-order chi connectivity index (χ1) is 11.7. The van der Waals surface area contributed by atoms with E-state index in [-0.39, 0.29) is 24.0 Å². The zero-order valence-corrected chi connectivity index (χ0v) is 17.5. The van der Waals surface area contributed by atoms with Crippen LogP contribution < -0.4 is 15.5 Å². The third-order valence-electron chi connectivity index (χ3n) is 3.73. The number of hydrogen-bond donors (Lipinski definition) is 2. The van der Waals surface area contributed by atoms with Crippen LogP contribution in [0.4, 0.5) is 5.82 Å². The number of aliphatic imine (C=N–C) groups is 1. The fourth-order valence-corrected chi connectivity index (χ4v) is 2.37. The smallest absolute Gasteiger partial charge is 0.191 e. The highest BCUT2D eigenvalue weighted by Crippen LogP contribution is 2.09. The summed E-state index contributed by atoms with van der Waals surface area (Å²) >= 11 is 0. The summed E-state index contributed by atoms with van der Waals surface area (Å²) in [7, 11) is 5.78. The average Bonchev–Trinajstić information content (AvgIpc) is 2.62. The van der Waals surface area contributed by atoms with Crippen LogP contribution in [0.15, 0.2) is 53.7 Å². The zero-order valence-electron chi connectivity index (χ0n) is 15.2. The maximum atomic E-state index is 4.33. The molecule has 0 atom stereocenters. The monoisotopic (exact) mass is 453 g/mol. The second kappa shape index (κ2) is 11.7. The van der Waals surface area contributed by atoms with Gasteiger partial charge in [0.25, 0.3) is 0 Å². The second-order valence-corrected chi connectivity index (χ2v) is 5.86. The van der Waals surface area contributed by atoms with Gasteiger partial charge >= 0.3 is 0 Å². The Morgan fingerprint density at radius 1 is 1.08 bits per heavy atom. The van der Waals surface area contributed by atoms with E-state index in [4.69, 9.17) is 0 Å². The number of pyridine rings is 1. The molecule has 6 heteroatoms. The highest BCUT2D eigenvalue weighted by atomic mass is 127. The molecule has 2 rings (SSSR count). The van der Waals surface area contributed by atoms with Gasteiger partial charge in [0.1, 0.15) is 5.82 Å². The van der Waals surface area contributed by atoms with E-state index in [0.717, 1.165) is 37.7 Å². The van der Waals surface area contributed by atoms with Crippen LogP contribution >= 0.6 is 24.0 Å². The first-order valence-electron chi connectivity index (χ1n) is 8.29. The highest BCUT2D eigenvalue weighted by molar-refractivity contribution is 14.0. The summed E-state index contributed by atoms with van der Waals surface area (Å²) in [6.07, 6.45) is 3.98. The van der Waals surface area contributed by atoms with Crippen LogP contribution in [0, 0.1) is 0 Å². The number of nitrogens with zero attached hydrogens (tertiary/aromatic N) is 3. The Morgan fingerprint density at radius 2 is 1.84 bits per heavy atom. The predicted molar refractivity (Wildman–Crippen MR) is 117 cm³/mol. The summed E-state index contributed by atoms with van der Waals surface area (Å²) in [6.45, 7) is 1.62. The van der Waals surface area contributed by atoms with Crippen molar-refractivity contribution in [2.75, 3.05) is 32.6 Å². The van der Waals surface area contributed by atoms with Gasteiger partial charge in [0.2, 0.25) is 0 Å². The van der Waals surface area contributed by atoms with Crippen molar-refractivity contribution >= 4 is 35.8 Å². The lowest BCUT2D eigenvalue weighted by atomic mass is 10.1. The van der Waals surface area contributed by atoms with Gasteiger partial charge in [-0.05, 0) is 36.1 Å². The molecule has 2 N–H and O–H groups in total. The van der Waals surface area contributed by atoms with Gasteiger partial charge in [0, 0.05) is 40.4 Å². The molecule has 0 aliphatic carbocycles. The van der Waals surface area contributed by atoms with Crippen LogP contribution in [0.2, 0.25) is 0 Å². The van der Waals surface area contributed by atoms with Gasteiger partial charge in [0.15, 0.2) is 5.96 Å². The third kappa shape index (κ3) is 7.72. The number of aromatic nitrogens is 1. The normalized spacial score (nSPS) is 10.8. The molecule has 0 bridgehead atoms. The van der Waals surface area contributed by atoms with Crippen LogP contribution in [0.3, 0.4) is 0 Å². The van der Waals surface area contributed by atoms with Crippen LogP contribution in [0.5, 0.6) is 0 Å². The topological polar surface area (TPSA) is 52.6 Å². The van der Waals surface area contributed by atoms with Gasteiger partial charge in [-0.15, -0.1) is 24.0 Å². The lowest BCUT2D eigenvalue weighted by Crippen LogP contribution is -2.37. The van der Waals surface area contributed by atoms with Crippen molar-refractivity contribution in [2.24, 2.45) is 4.99 Å². The number of hydrogen-bond acceptors (Lipinski definition) is 3. The average molecular weight is 453 g/mol. The summed E-state index contributed by atoms with van der Waals surface area (Å²) in [6, 6.07) is 14.6. The summed E-state index contributed by atoms with van der Waals surface area (Å²) in [5.74, 6) is 1.78. The Morgan fingerprint density at radius 3 is 2.52 bits per heavy atom. The number of nitrogens with one attached hydrogen (secondary N) is 2. The first kappa shape index (κ1) is 21.2. The molecule has 1 heterocycles. The summed E-state index contributed by atoms with van der Waals surface area (Å²) < 4.78 is 0. The molecule has 2 aromatic rings.